The lowest BCUT2D eigenvalue weighted by molar-refractivity contribution is -0.137. The number of carboxylic acids is 2. The maximum absolute atomic E-state index is 11.0. The Morgan fingerprint density at radius 1 is 0.600 bits per heavy atom. The maximum atomic E-state index is 11.0. The Morgan fingerprint density at radius 3 is 1.38 bits per heavy atom. The highest BCUT2D eigenvalue weighted by Gasteiger charge is 2.12. The largest absolute Gasteiger partial charge is 0.481 e. The van der Waals surface area contributed by atoms with Crippen LogP contribution in [0.4, 0.5) is 11.4 Å². The smallest absolute Gasteiger partial charge is 0.307 e. The van der Waals surface area contributed by atoms with Crippen LogP contribution >= 0.6 is 0 Å². The number of oxazole rings is 2. The highest BCUT2D eigenvalue weighted by molar-refractivity contribution is 5.80. The Kier molecular flexibility index (Phi) is 6.33. The first-order valence-electron chi connectivity index (χ1n) is 12.2. The van der Waals surface area contributed by atoms with Crippen LogP contribution in [0.15, 0.2) is 104 Å². The Balaban J connectivity index is 1.14. The summed E-state index contributed by atoms with van der Waals surface area (Å²) < 4.78 is 11.6. The SMILES string of the molecule is O=C(O)Cc1ccc2oc(-c3ccc(N=Nc4ccc(-c5nc6cc(CC(=O)O)ccc6o5)cc4)cc3)nc2c1. The predicted octanol–water partition coefficient (Wildman–Crippen LogP) is 6.97. The van der Waals surface area contributed by atoms with E-state index in [2.05, 4.69) is 20.2 Å². The molecule has 196 valence electrons. The Labute approximate surface area is 226 Å². The zero-order valence-corrected chi connectivity index (χ0v) is 20.8. The third-order valence-corrected chi connectivity index (χ3v) is 6.12. The van der Waals surface area contributed by atoms with Gasteiger partial charge in [0.15, 0.2) is 11.2 Å². The molecule has 10 nitrogen and oxygen atoms in total. The van der Waals surface area contributed by atoms with Gasteiger partial charge in [-0.25, -0.2) is 9.97 Å². The molecule has 4 aromatic carbocycles. The van der Waals surface area contributed by atoms with Gasteiger partial charge in [-0.05, 0) is 83.9 Å². The van der Waals surface area contributed by atoms with E-state index in [-0.39, 0.29) is 12.8 Å². The third-order valence-electron chi connectivity index (χ3n) is 6.12. The maximum Gasteiger partial charge on any atom is 0.307 e. The summed E-state index contributed by atoms with van der Waals surface area (Å²) in [5.74, 6) is -0.944. The van der Waals surface area contributed by atoms with Gasteiger partial charge in [0.05, 0.1) is 24.2 Å². The second kappa shape index (κ2) is 10.3. The molecule has 6 aromatic rings. The number of fused-ring (bicyclic) bond motifs is 2. The summed E-state index contributed by atoms with van der Waals surface area (Å²) in [5.41, 5.74) is 6.47. The number of nitrogens with zero attached hydrogens (tertiary/aromatic N) is 4. The van der Waals surface area contributed by atoms with Crippen molar-refractivity contribution in [1.29, 1.82) is 0 Å². The number of rotatable bonds is 8. The van der Waals surface area contributed by atoms with Crippen LogP contribution in [-0.2, 0) is 22.4 Å². The number of carbonyl (C=O) groups is 2. The summed E-state index contributed by atoms with van der Waals surface area (Å²) in [5, 5.41) is 26.6. The number of aliphatic carboxylic acids is 2. The lowest BCUT2D eigenvalue weighted by Gasteiger charge is -1.98. The van der Waals surface area contributed by atoms with E-state index in [0.29, 0.717) is 56.5 Å². The molecular formula is C30H20N4O6. The molecule has 0 amide bonds. The summed E-state index contributed by atoms with van der Waals surface area (Å²) >= 11 is 0. The molecule has 2 heterocycles. The second-order valence-electron chi connectivity index (χ2n) is 9.08. The molecule has 0 unspecified atom stereocenters. The van der Waals surface area contributed by atoms with Crippen LogP contribution in [-0.4, -0.2) is 32.1 Å². The zero-order chi connectivity index (χ0) is 27.6. The minimum absolute atomic E-state index is 0.0751. The molecule has 2 N–H and O–H groups in total. The van der Waals surface area contributed by atoms with Gasteiger partial charge < -0.3 is 19.0 Å². The van der Waals surface area contributed by atoms with Crippen molar-refractivity contribution in [2.24, 2.45) is 10.2 Å². The van der Waals surface area contributed by atoms with Gasteiger partial charge in [0.2, 0.25) is 11.8 Å². The molecule has 6 rings (SSSR count). The van der Waals surface area contributed by atoms with E-state index in [1.807, 2.05) is 24.3 Å². The minimum atomic E-state index is -0.902. The number of aromatic nitrogens is 2. The van der Waals surface area contributed by atoms with Crippen LogP contribution < -0.4 is 0 Å². The minimum Gasteiger partial charge on any atom is -0.481 e. The van der Waals surface area contributed by atoms with E-state index in [1.165, 1.54) is 0 Å². The van der Waals surface area contributed by atoms with Crippen molar-refractivity contribution in [3.8, 4) is 22.9 Å². The summed E-state index contributed by atoms with van der Waals surface area (Å²) in [6.07, 6.45) is -0.150. The van der Waals surface area contributed by atoms with Gasteiger partial charge >= 0.3 is 11.9 Å². The fourth-order valence-corrected chi connectivity index (χ4v) is 4.22. The number of carboxylic acid groups (broad SMARTS) is 2. The highest BCUT2D eigenvalue weighted by atomic mass is 16.4. The van der Waals surface area contributed by atoms with Crippen molar-refractivity contribution in [2.45, 2.75) is 12.8 Å². The van der Waals surface area contributed by atoms with Crippen molar-refractivity contribution in [2.75, 3.05) is 0 Å². The quantitative estimate of drug-likeness (QED) is 0.199. The first-order chi connectivity index (χ1) is 19.4. The molecule has 40 heavy (non-hydrogen) atoms. The fourth-order valence-electron chi connectivity index (χ4n) is 4.22. The topological polar surface area (TPSA) is 151 Å². The van der Waals surface area contributed by atoms with Crippen LogP contribution in [0.25, 0.3) is 45.1 Å². The monoisotopic (exact) mass is 532 g/mol. The molecule has 0 spiro atoms. The van der Waals surface area contributed by atoms with Gasteiger partial charge in [0.1, 0.15) is 11.0 Å². The van der Waals surface area contributed by atoms with E-state index in [4.69, 9.17) is 19.0 Å². The molecule has 0 bridgehead atoms. The van der Waals surface area contributed by atoms with Gasteiger partial charge in [-0.3, -0.25) is 9.59 Å². The van der Waals surface area contributed by atoms with Crippen LogP contribution in [0.2, 0.25) is 0 Å². The van der Waals surface area contributed by atoms with Crippen molar-refractivity contribution in [1.82, 2.24) is 9.97 Å². The number of benzene rings is 4. The molecule has 0 saturated heterocycles. The number of hydrogen-bond acceptors (Lipinski definition) is 8. The van der Waals surface area contributed by atoms with Crippen molar-refractivity contribution in [3.05, 3.63) is 96.1 Å². The van der Waals surface area contributed by atoms with Gasteiger partial charge in [0, 0.05) is 11.1 Å². The molecule has 0 aliphatic rings. The fraction of sp³-hybridized carbons (Fsp3) is 0.0667. The first-order valence-corrected chi connectivity index (χ1v) is 12.2. The summed E-state index contributed by atoms with van der Waals surface area (Å²) in [4.78, 5) is 30.9. The first kappa shape index (κ1) is 24.7. The van der Waals surface area contributed by atoms with E-state index < -0.39 is 11.9 Å². The average Bonchev–Trinajstić information content (AvgIpc) is 3.56. The molecular weight excluding hydrogens is 512 g/mol. The molecule has 0 radical (unpaired) electrons. The summed E-state index contributed by atoms with van der Waals surface area (Å²) in [6, 6.07) is 24.8. The van der Waals surface area contributed by atoms with Gasteiger partial charge in [0.25, 0.3) is 0 Å². The van der Waals surface area contributed by atoms with E-state index in [1.54, 1.807) is 60.7 Å². The number of azo groups is 1. The third kappa shape index (κ3) is 5.32. The summed E-state index contributed by atoms with van der Waals surface area (Å²) in [6.45, 7) is 0. The Hall–Kier alpha value is -5.64. The lowest BCUT2D eigenvalue weighted by Crippen LogP contribution is -1.99. The van der Waals surface area contributed by atoms with Crippen LogP contribution in [0.5, 0.6) is 0 Å². The van der Waals surface area contributed by atoms with E-state index in [0.717, 1.165) is 11.1 Å². The molecule has 0 aliphatic carbocycles. The van der Waals surface area contributed by atoms with Gasteiger partial charge in [-0.15, -0.1) is 0 Å². The summed E-state index contributed by atoms with van der Waals surface area (Å²) in [7, 11) is 0. The Morgan fingerprint density at radius 2 is 1.00 bits per heavy atom. The van der Waals surface area contributed by atoms with Crippen molar-refractivity contribution >= 4 is 45.5 Å². The molecule has 2 aromatic heterocycles. The molecule has 0 aliphatic heterocycles. The van der Waals surface area contributed by atoms with Crippen LogP contribution in [0.1, 0.15) is 11.1 Å². The van der Waals surface area contributed by atoms with Crippen molar-refractivity contribution < 1.29 is 28.6 Å². The average molecular weight is 533 g/mol. The normalized spacial score (nSPS) is 11.5. The Bertz CT molecular complexity index is 1760. The van der Waals surface area contributed by atoms with Gasteiger partial charge in [-0.2, -0.15) is 10.2 Å². The van der Waals surface area contributed by atoms with Gasteiger partial charge in [-0.1, -0.05) is 12.1 Å². The van der Waals surface area contributed by atoms with E-state index in [9.17, 15) is 9.59 Å². The standard InChI is InChI=1S/C30H20N4O6/c35-27(36)15-17-1-11-25-23(13-17)31-29(39-25)19-3-7-21(8-4-19)33-34-22-9-5-20(6-10-22)30-32-24-14-18(16-28(37)38)2-12-26(24)40-30/h1-14H,15-16H2,(H,35,36)(H,37,38). The number of hydrogen-bond donors (Lipinski definition) is 2. The second-order valence-corrected chi connectivity index (χ2v) is 9.08. The predicted molar refractivity (Wildman–Crippen MR) is 146 cm³/mol. The molecule has 0 fully saturated rings. The lowest BCUT2D eigenvalue weighted by atomic mass is 10.1. The van der Waals surface area contributed by atoms with Crippen LogP contribution in [0.3, 0.4) is 0 Å². The highest BCUT2D eigenvalue weighted by Crippen LogP contribution is 2.29. The van der Waals surface area contributed by atoms with Crippen LogP contribution in [0, 0.1) is 0 Å². The van der Waals surface area contributed by atoms with E-state index >= 15 is 0 Å². The molecule has 0 saturated carbocycles. The molecule has 10 heteroatoms. The van der Waals surface area contributed by atoms with Crippen molar-refractivity contribution in [3.63, 3.8) is 0 Å². The zero-order valence-electron chi connectivity index (χ0n) is 20.8. The molecule has 0 atom stereocenters.